The standard InChI is InChI=1S/C19H14N4O/c24-19(14-4-2-1-3-5-14)21-15-6-7-16-17(12-15)23-18(22-16)13-8-10-20-11-9-13/h1-12H,(H,21,24)(H,22,23). The van der Waals surface area contributed by atoms with E-state index in [-0.39, 0.29) is 5.91 Å². The number of carbonyl (C=O) groups is 1. The minimum absolute atomic E-state index is 0.135. The summed E-state index contributed by atoms with van der Waals surface area (Å²) in [4.78, 5) is 24.1. The fourth-order valence-corrected chi connectivity index (χ4v) is 2.53. The molecule has 0 aliphatic rings. The Labute approximate surface area is 138 Å². The van der Waals surface area contributed by atoms with Gasteiger partial charge in [-0.05, 0) is 42.5 Å². The molecule has 0 atom stereocenters. The Bertz CT molecular complexity index is 994. The number of H-pyrrole nitrogens is 1. The van der Waals surface area contributed by atoms with Crippen LogP contribution in [0.15, 0.2) is 73.1 Å². The lowest BCUT2D eigenvalue weighted by molar-refractivity contribution is 0.102. The maximum Gasteiger partial charge on any atom is 0.255 e. The van der Waals surface area contributed by atoms with E-state index in [0.717, 1.165) is 28.1 Å². The predicted molar refractivity (Wildman–Crippen MR) is 93.7 cm³/mol. The van der Waals surface area contributed by atoms with E-state index in [1.807, 2.05) is 48.5 Å². The lowest BCUT2D eigenvalue weighted by atomic mass is 10.2. The molecule has 5 nitrogen and oxygen atoms in total. The van der Waals surface area contributed by atoms with E-state index in [1.54, 1.807) is 24.5 Å². The number of fused-ring (bicyclic) bond motifs is 1. The van der Waals surface area contributed by atoms with Crippen LogP contribution in [0.25, 0.3) is 22.4 Å². The van der Waals surface area contributed by atoms with Crippen molar-refractivity contribution < 1.29 is 4.79 Å². The van der Waals surface area contributed by atoms with Crippen molar-refractivity contribution in [2.45, 2.75) is 0 Å². The normalized spacial score (nSPS) is 10.7. The Balaban J connectivity index is 1.63. The van der Waals surface area contributed by atoms with Gasteiger partial charge in [0, 0.05) is 29.2 Å². The highest BCUT2D eigenvalue weighted by Crippen LogP contribution is 2.22. The van der Waals surface area contributed by atoms with Crippen molar-refractivity contribution in [1.29, 1.82) is 0 Å². The van der Waals surface area contributed by atoms with Gasteiger partial charge in [0.15, 0.2) is 0 Å². The quantitative estimate of drug-likeness (QED) is 0.603. The molecule has 24 heavy (non-hydrogen) atoms. The SMILES string of the molecule is O=C(Nc1ccc2nc(-c3ccncc3)[nH]c2c1)c1ccccc1. The summed E-state index contributed by atoms with van der Waals surface area (Å²) in [5, 5.41) is 2.90. The first-order valence-electron chi connectivity index (χ1n) is 7.56. The molecule has 0 fully saturated rings. The van der Waals surface area contributed by atoms with Crippen LogP contribution in [-0.4, -0.2) is 20.9 Å². The summed E-state index contributed by atoms with van der Waals surface area (Å²) in [6, 6.07) is 18.5. The number of hydrogen-bond acceptors (Lipinski definition) is 3. The number of pyridine rings is 1. The molecule has 116 valence electrons. The minimum atomic E-state index is -0.135. The number of hydrogen-bond donors (Lipinski definition) is 2. The third-order valence-electron chi connectivity index (χ3n) is 3.73. The van der Waals surface area contributed by atoms with Crippen molar-refractivity contribution in [3.8, 4) is 11.4 Å². The number of nitrogens with one attached hydrogen (secondary N) is 2. The van der Waals surface area contributed by atoms with Gasteiger partial charge in [0.25, 0.3) is 5.91 Å². The van der Waals surface area contributed by atoms with Crippen LogP contribution in [0, 0.1) is 0 Å². The first-order chi connectivity index (χ1) is 11.8. The first-order valence-corrected chi connectivity index (χ1v) is 7.56. The zero-order chi connectivity index (χ0) is 16.4. The third kappa shape index (κ3) is 2.75. The number of imidazole rings is 1. The number of rotatable bonds is 3. The maximum atomic E-state index is 12.2. The van der Waals surface area contributed by atoms with Gasteiger partial charge in [-0.2, -0.15) is 0 Å². The van der Waals surface area contributed by atoms with E-state index in [1.165, 1.54) is 0 Å². The molecule has 0 radical (unpaired) electrons. The summed E-state index contributed by atoms with van der Waals surface area (Å²) in [7, 11) is 0. The van der Waals surface area contributed by atoms with Crippen LogP contribution in [0.2, 0.25) is 0 Å². The Hall–Kier alpha value is -3.47. The van der Waals surface area contributed by atoms with Crippen molar-refractivity contribution in [2.75, 3.05) is 5.32 Å². The Morgan fingerprint density at radius 1 is 0.958 bits per heavy atom. The average molecular weight is 314 g/mol. The molecule has 0 saturated carbocycles. The zero-order valence-electron chi connectivity index (χ0n) is 12.7. The van der Waals surface area contributed by atoms with E-state index in [0.29, 0.717) is 5.56 Å². The van der Waals surface area contributed by atoms with Crippen molar-refractivity contribution in [3.05, 3.63) is 78.6 Å². The van der Waals surface area contributed by atoms with Gasteiger partial charge in [-0.25, -0.2) is 4.98 Å². The number of anilines is 1. The second kappa shape index (κ2) is 5.96. The van der Waals surface area contributed by atoms with Gasteiger partial charge < -0.3 is 10.3 Å². The molecular weight excluding hydrogens is 300 g/mol. The molecule has 4 rings (SSSR count). The van der Waals surface area contributed by atoms with Crippen LogP contribution >= 0.6 is 0 Å². The molecule has 2 aromatic heterocycles. The van der Waals surface area contributed by atoms with Crippen molar-refractivity contribution in [3.63, 3.8) is 0 Å². The summed E-state index contributed by atoms with van der Waals surface area (Å²) in [6.45, 7) is 0. The second-order valence-corrected chi connectivity index (χ2v) is 5.37. The predicted octanol–water partition coefficient (Wildman–Crippen LogP) is 3.88. The molecule has 5 heteroatoms. The zero-order valence-corrected chi connectivity index (χ0v) is 12.7. The van der Waals surface area contributed by atoms with Gasteiger partial charge in [0.1, 0.15) is 5.82 Å². The Morgan fingerprint density at radius 2 is 1.75 bits per heavy atom. The van der Waals surface area contributed by atoms with Gasteiger partial charge in [0.05, 0.1) is 11.0 Å². The number of aromatic amines is 1. The molecule has 0 spiro atoms. The first kappa shape index (κ1) is 14.1. The minimum Gasteiger partial charge on any atom is -0.338 e. The fourth-order valence-electron chi connectivity index (χ4n) is 2.53. The molecule has 0 unspecified atom stereocenters. The highest BCUT2D eigenvalue weighted by molar-refractivity contribution is 6.05. The Morgan fingerprint density at radius 3 is 2.54 bits per heavy atom. The number of aromatic nitrogens is 3. The number of amides is 1. The van der Waals surface area contributed by atoms with Gasteiger partial charge >= 0.3 is 0 Å². The van der Waals surface area contributed by atoms with Crippen LogP contribution in [0.5, 0.6) is 0 Å². The second-order valence-electron chi connectivity index (χ2n) is 5.37. The number of nitrogens with zero attached hydrogens (tertiary/aromatic N) is 2. The van der Waals surface area contributed by atoms with Crippen LogP contribution in [0.3, 0.4) is 0 Å². The van der Waals surface area contributed by atoms with Crippen LogP contribution in [-0.2, 0) is 0 Å². The monoisotopic (exact) mass is 314 g/mol. The Kier molecular flexibility index (Phi) is 3.51. The molecule has 2 N–H and O–H groups in total. The van der Waals surface area contributed by atoms with E-state index >= 15 is 0 Å². The largest absolute Gasteiger partial charge is 0.338 e. The fraction of sp³-hybridized carbons (Fsp3) is 0. The van der Waals surface area contributed by atoms with E-state index in [4.69, 9.17) is 0 Å². The molecule has 0 aliphatic carbocycles. The third-order valence-corrected chi connectivity index (χ3v) is 3.73. The summed E-state index contributed by atoms with van der Waals surface area (Å²) in [5.41, 5.74) is 4.03. The number of carbonyl (C=O) groups excluding carboxylic acids is 1. The molecular formula is C19H14N4O. The van der Waals surface area contributed by atoms with Crippen molar-refractivity contribution in [2.24, 2.45) is 0 Å². The van der Waals surface area contributed by atoms with Gasteiger partial charge in [-0.15, -0.1) is 0 Å². The maximum absolute atomic E-state index is 12.2. The van der Waals surface area contributed by atoms with Crippen molar-refractivity contribution >= 4 is 22.6 Å². The van der Waals surface area contributed by atoms with Gasteiger partial charge in [-0.1, -0.05) is 18.2 Å². The highest BCUT2D eigenvalue weighted by Gasteiger charge is 2.08. The van der Waals surface area contributed by atoms with Crippen molar-refractivity contribution in [1.82, 2.24) is 15.0 Å². The molecule has 4 aromatic rings. The van der Waals surface area contributed by atoms with Gasteiger partial charge in [-0.3, -0.25) is 9.78 Å². The topological polar surface area (TPSA) is 70.7 Å². The van der Waals surface area contributed by atoms with Crippen LogP contribution in [0.4, 0.5) is 5.69 Å². The van der Waals surface area contributed by atoms with Gasteiger partial charge in [0.2, 0.25) is 0 Å². The molecule has 0 bridgehead atoms. The number of benzene rings is 2. The lowest BCUT2D eigenvalue weighted by Gasteiger charge is -2.04. The smallest absolute Gasteiger partial charge is 0.255 e. The molecule has 2 aromatic carbocycles. The lowest BCUT2D eigenvalue weighted by Crippen LogP contribution is -2.11. The average Bonchev–Trinajstić information content (AvgIpc) is 3.06. The molecule has 1 amide bonds. The van der Waals surface area contributed by atoms with E-state index in [2.05, 4.69) is 20.3 Å². The molecule has 2 heterocycles. The highest BCUT2D eigenvalue weighted by atomic mass is 16.1. The summed E-state index contributed by atoms with van der Waals surface area (Å²) >= 11 is 0. The summed E-state index contributed by atoms with van der Waals surface area (Å²) in [5.74, 6) is 0.641. The van der Waals surface area contributed by atoms with E-state index < -0.39 is 0 Å². The van der Waals surface area contributed by atoms with Crippen LogP contribution in [0.1, 0.15) is 10.4 Å². The summed E-state index contributed by atoms with van der Waals surface area (Å²) in [6.07, 6.45) is 3.46. The molecule has 0 saturated heterocycles. The summed E-state index contributed by atoms with van der Waals surface area (Å²) < 4.78 is 0. The van der Waals surface area contributed by atoms with E-state index in [9.17, 15) is 4.79 Å². The molecule has 0 aliphatic heterocycles. The van der Waals surface area contributed by atoms with Crippen LogP contribution < -0.4 is 5.32 Å².